The molecule has 2 aliphatic rings. The highest BCUT2D eigenvalue weighted by Gasteiger charge is 2.32. The second kappa shape index (κ2) is 13.2. The molecule has 3 aromatic rings. The van der Waals surface area contributed by atoms with E-state index in [0.717, 1.165) is 17.6 Å². The molecule has 5 rings (SSSR count). The Morgan fingerprint density at radius 1 is 1.17 bits per heavy atom. The minimum absolute atomic E-state index is 0.0366. The van der Waals surface area contributed by atoms with Gasteiger partial charge in [0.05, 0.1) is 24.2 Å². The zero-order chi connectivity index (χ0) is 29.6. The minimum Gasteiger partial charge on any atom is -0.442 e. The number of rotatable bonds is 10. The summed E-state index contributed by atoms with van der Waals surface area (Å²) in [6, 6.07) is 11.7. The molecule has 42 heavy (non-hydrogen) atoms. The molecule has 0 radical (unpaired) electrons. The predicted octanol–water partition coefficient (Wildman–Crippen LogP) is 5.25. The van der Waals surface area contributed by atoms with Gasteiger partial charge >= 0.3 is 6.09 Å². The Kier molecular flexibility index (Phi) is 9.19. The van der Waals surface area contributed by atoms with Gasteiger partial charge in [0.25, 0.3) is 5.91 Å². The molecule has 0 bridgehead atoms. The van der Waals surface area contributed by atoms with Crippen LogP contribution in [0.15, 0.2) is 71.6 Å². The Morgan fingerprint density at radius 3 is 2.69 bits per heavy atom. The molecule has 218 valence electrons. The number of nitrogens with one attached hydrogen (secondary N) is 3. The number of halogens is 2. The van der Waals surface area contributed by atoms with E-state index in [1.54, 1.807) is 29.6 Å². The summed E-state index contributed by atoms with van der Waals surface area (Å²) >= 11 is 7.42. The molecular formula is C30H29ClFN5O4S. The molecule has 3 N–H and O–H groups in total. The van der Waals surface area contributed by atoms with Crippen LogP contribution in [0.5, 0.6) is 0 Å². The lowest BCUT2D eigenvalue weighted by Crippen LogP contribution is -2.33. The van der Waals surface area contributed by atoms with Crippen molar-refractivity contribution < 1.29 is 23.5 Å². The van der Waals surface area contributed by atoms with E-state index in [-0.39, 0.29) is 36.8 Å². The standard InChI is InChI=1S/C30H29ClFN5O4S/c1-18(38)33-15-24-16-37(30(40)41-24)23-10-11-25(26(32)12-23)21-6-2-19(3-7-21)13-34-28(39)27-17-42-29(36-27)35-14-20-4-8-22(31)9-5-20/h2-8,10-12,17,22,24H,9,13-16H2,1H3,(H,33,38)(H,34,39)(H,35,36)/t22?,24-/m0/s1. The summed E-state index contributed by atoms with van der Waals surface area (Å²) in [5.74, 6) is -0.993. The molecule has 12 heteroatoms. The Bertz CT molecular complexity index is 1540. The lowest BCUT2D eigenvalue weighted by molar-refractivity contribution is -0.119. The molecule has 1 aliphatic heterocycles. The summed E-state index contributed by atoms with van der Waals surface area (Å²) in [5.41, 5.74) is 3.70. The minimum atomic E-state index is -0.589. The smallest absolute Gasteiger partial charge is 0.414 e. The molecular weight excluding hydrogens is 581 g/mol. The first kappa shape index (κ1) is 29.3. The SMILES string of the molecule is CC(=O)NC[C@H]1CN(c2ccc(-c3ccc(CNC(=O)c4csc(NCC5=CCC(Cl)C=C5)n4)cc3)c(F)c2)C(=O)O1. The number of nitrogens with zero attached hydrogens (tertiary/aromatic N) is 2. The Balaban J connectivity index is 1.13. The van der Waals surface area contributed by atoms with Crippen molar-refractivity contribution in [2.24, 2.45) is 0 Å². The Hall–Kier alpha value is -4.22. The molecule has 0 spiro atoms. The third-order valence-electron chi connectivity index (χ3n) is 6.74. The van der Waals surface area contributed by atoms with Crippen LogP contribution in [-0.4, -0.2) is 54.0 Å². The van der Waals surface area contributed by atoms with Gasteiger partial charge in [-0.2, -0.15) is 0 Å². The topological polar surface area (TPSA) is 113 Å². The number of hydrogen-bond acceptors (Lipinski definition) is 7. The van der Waals surface area contributed by atoms with Crippen LogP contribution >= 0.6 is 22.9 Å². The maximum atomic E-state index is 15.1. The van der Waals surface area contributed by atoms with Crippen LogP contribution in [0.1, 0.15) is 29.4 Å². The van der Waals surface area contributed by atoms with Crippen molar-refractivity contribution in [3.05, 3.63) is 88.7 Å². The van der Waals surface area contributed by atoms with Crippen LogP contribution in [-0.2, 0) is 16.1 Å². The molecule has 0 saturated carbocycles. The summed E-state index contributed by atoms with van der Waals surface area (Å²) in [7, 11) is 0. The number of carbonyl (C=O) groups excluding carboxylic acids is 3. The van der Waals surface area contributed by atoms with E-state index in [2.05, 4.69) is 27.0 Å². The van der Waals surface area contributed by atoms with Crippen LogP contribution in [0.25, 0.3) is 11.1 Å². The predicted molar refractivity (Wildman–Crippen MR) is 161 cm³/mol. The van der Waals surface area contributed by atoms with E-state index in [1.807, 2.05) is 24.3 Å². The molecule has 2 heterocycles. The summed E-state index contributed by atoms with van der Waals surface area (Å²) in [5, 5.41) is 11.1. The summed E-state index contributed by atoms with van der Waals surface area (Å²) in [4.78, 5) is 41.7. The van der Waals surface area contributed by atoms with Crippen LogP contribution in [0.4, 0.5) is 20.0 Å². The van der Waals surface area contributed by atoms with Crippen molar-refractivity contribution in [2.75, 3.05) is 29.9 Å². The van der Waals surface area contributed by atoms with E-state index in [0.29, 0.717) is 34.2 Å². The van der Waals surface area contributed by atoms with Crippen molar-refractivity contribution in [3.63, 3.8) is 0 Å². The van der Waals surface area contributed by atoms with E-state index >= 15 is 4.39 Å². The molecule has 1 unspecified atom stereocenters. The van der Waals surface area contributed by atoms with E-state index in [1.165, 1.54) is 29.2 Å². The summed E-state index contributed by atoms with van der Waals surface area (Å²) in [6.07, 6.45) is 5.73. The highest BCUT2D eigenvalue weighted by Crippen LogP contribution is 2.29. The van der Waals surface area contributed by atoms with Gasteiger partial charge in [0, 0.05) is 31.0 Å². The molecule has 1 saturated heterocycles. The lowest BCUT2D eigenvalue weighted by Gasteiger charge is -2.15. The molecule has 3 amide bonds. The van der Waals surface area contributed by atoms with Gasteiger partial charge in [-0.1, -0.05) is 42.5 Å². The number of alkyl halides is 1. The van der Waals surface area contributed by atoms with Gasteiger partial charge in [0.2, 0.25) is 5.91 Å². The largest absolute Gasteiger partial charge is 0.442 e. The zero-order valence-electron chi connectivity index (χ0n) is 22.7. The number of carbonyl (C=O) groups is 3. The fourth-order valence-electron chi connectivity index (χ4n) is 4.48. The lowest BCUT2D eigenvalue weighted by atomic mass is 10.0. The number of hydrogen-bond donors (Lipinski definition) is 3. The first-order valence-electron chi connectivity index (χ1n) is 13.4. The second-order valence-electron chi connectivity index (χ2n) is 9.88. The molecule has 1 aliphatic carbocycles. The molecule has 9 nitrogen and oxygen atoms in total. The van der Waals surface area contributed by atoms with E-state index < -0.39 is 18.0 Å². The average molecular weight is 610 g/mol. The summed E-state index contributed by atoms with van der Waals surface area (Å²) in [6.45, 7) is 2.68. The second-order valence-corrected chi connectivity index (χ2v) is 11.3. The van der Waals surface area contributed by atoms with E-state index in [4.69, 9.17) is 16.3 Å². The van der Waals surface area contributed by atoms with Gasteiger partial charge in [-0.15, -0.1) is 22.9 Å². The number of benzene rings is 2. The number of amides is 3. The number of allylic oxidation sites excluding steroid dienone is 2. The first-order valence-corrected chi connectivity index (χ1v) is 14.7. The number of thiazole rings is 1. The number of ether oxygens (including phenoxy) is 1. The van der Waals surface area contributed by atoms with Crippen LogP contribution in [0.3, 0.4) is 0 Å². The van der Waals surface area contributed by atoms with Crippen LogP contribution in [0.2, 0.25) is 0 Å². The van der Waals surface area contributed by atoms with Crippen molar-refractivity contribution in [1.29, 1.82) is 0 Å². The third-order valence-corrected chi connectivity index (χ3v) is 7.86. The van der Waals surface area contributed by atoms with Crippen molar-refractivity contribution in [3.8, 4) is 11.1 Å². The Morgan fingerprint density at radius 2 is 1.98 bits per heavy atom. The van der Waals surface area contributed by atoms with Gasteiger partial charge in [0.15, 0.2) is 5.13 Å². The maximum Gasteiger partial charge on any atom is 0.414 e. The zero-order valence-corrected chi connectivity index (χ0v) is 24.3. The van der Waals surface area contributed by atoms with Gasteiger partial charge in [-0.3, -0.25) is 14.5 Å². The quantitative estimate of drug-likeness (QED) is 0.271. The van der Waals surface area contributed by atoms with Crippen molar-refractivity contribution >= 4 is 51.7 Å². The van der Waals surface area contributed by atoms with E-state index in [9.17, 15) is 14.4 Å². The monoisotopic (exact) mass is 609 g/mol. The highest BCUT2D eigenvalue weighted by atomic mass is 35.5. The number of cyclic esters (lactones) is 1. The normalized spacial score (nSPS) is 17.9. The van der Waals surface area contributed by atoms with Gasteiger partial charge in [0.1, 0.15) is 17.6 Å². The average Bonchev–Trinajstić information content (AvgIpc) is 3.61. The molecule has 1 aromatic heterocycles. The summed E-state index contributed by atoms with van der Waals surface area (Å²) < 4.78 is 20.3. The fraction of sp³-hybridized carbons (Fsp3) is 0.267. The Labute approximate surface area is 251 Å². The van der Waals surface area contributed by atoms with Gasteiger partial charge in [-0.25, -0.2) is 14.2 Å². The van der Waals surface area contributed by atoms with Gasteiger partial charge in [-0.05, 0) is 41.3 Å². The molecule has 2 aromatic carbocycles. The van der Waals surface area contributed by atoms with Crippen LogP contribution < -0.4 is 20.9 Å². The van der Waals surface area contributed by atoms with Crippen molar-refractivity contribution in [2.45, 2.75) is 31.4 Å². The molecule has 2 atom stereocenters. The number of anilines is 2. The first-order chi connectivity index (χ1) is 20.2. The third kappa shape index (κ3) is 7.34. The fourth-order valence-corrected chi connectivity index (χ4v) is 5.34. The maximum absolute atomic E-state index is 15.1. The highest BCUT2D eigenvalue weighted by molar-refractivity contribution is 7.13. The van der Waals surface area contributed by atoms with Gasteiger partial charge < -0.3 is 20.7 Å². The van der Waals surface area contributed by atoms with Crippen molar-refractivity contribution in [1.82, 2.24) is 15.6 Å². The van der Waals surface area contributed by atoms with Crippen LogP contribution in [0, 0.1) is 5.82 Å². The molecule has 1 fully saturated rings. The number of aromatic nitrogens is 1.